The van der Waals surface area contributed by atoms with E-state index in [0.29, 0.717) is 11.6 Å². The summed E-state index contributed by atoms with van der Waals surface area (Å²) >= 11 is 6.26. The molecule has 0 bridgehead atoms. The lowest BCUT2D eigenvalue weighted by molar-refractivity contribution is -0.126. The maximum absolute atomic E-state index is 13.0. The Hall–Kier alpha value is -2.33. The number of halogens is 1. The third kappa shape index (κ3) is 2.78. The summed E-state index contributed by atoms with van der Waals surface area (Å²) in [6, 6.07) is 10.8. The fraction of sp³-hybridized carbons (Fsp3) is 0.263. The van der Waals surface area contributed by atoms with Gasteiger partial charge in [-0.05, 0) is 36.6 Å². The molecule has 0 aliphatic carbocycles. The predicted molar refractivity (Wildman–Crippen MR) is 95.1 cm³/mol. The van der Waals surface area contributed by atoms with Crippen LogP contribution in [0.4, 0.5) is 5.69 Å². The highest BCUT2D eigenvalue weighted by molar-refractivity contribution is 6.31. The van der Waals surface area contributed by atoms with E-state index in [1.54, 1.807) is 4.90 Å². The smallest absolute Gasteiger partial charge is 0.254 e. The van der Waals surface area contributed by atoms with E-state index in [9.17, 15) is 9.59 Å². The van der Waals surface area contributed by atoms with Crippen LogP contribution in [-0.2, 0) is 16.1 Å². The van der Waals surface area contributed by atoms with Gasteiger partial charge in [-0.15, -0.1) is 0 Å². The number of nitrogens with zero attached hydrogens (tertiary/aromatic N) is 1. The quantitative estimate of drug-likeness (QED) is 0.925. The number of anilines is 1. The number of aryl methyl sites for hydroxylation is 2. The van der Waals surface area contributed by atoms with E-state index in [1.807, 2.05) is 50.2 Å². The monoisotopic (exact) mass is 342 g/mol. The van der Waals surface area contributed by atoms with Gasteiger partial charge >= 0.3 is 0 Å². The first-order chi connectivity index (χ1) is 11.4. The minimum atomic E-state index is -0.639. The Morgan fingerprint density at radius 2 is 1.83 bits per heavy atom. The topological polar surface area (TPSA) is 49.4 Å². The summed E-state index contributed by atoms with van der Waals surface area (Å²) < 4.78 is 0. The predicted octanol–water partition coefficient (Wildman–Crippen LogP) is 3.68. The largest absolute Gasteiger partial charge is 0.341 e. The molecule has 0 saturated heterocycles. The molecule has 0 fully saturated rings. The van der Waals surface area contributed by atoms with Crippen molar-refractivity contribution in [2.45, 2.75) is 33.4 Å². The molecule has 0 radical (unpaired) electrons. The minimum Gasteiger partial charge on any atom is -0.341 e. The number of nitrogens with one attached hydrogen (secondary N) is 1. The second kappa shape index (κ2) is 6.29. The molecule has 124 valence electrons. The average molecular weight is 343 g/mol. The van der Waals surface area contributed by atoms with Crippen LogP contribution in [0, 0.1) is 13.8 Å². The van der Waals surface area contributed by atoms with Crippen molar-refractivity contribution < 1.29 is 9.59 Å². The minimum absolute atomic E-state index is 0.127. The summed E-state index contributed by atoms with van der Waals surface area (Å²) in [5.41, 5.74) is 4.62. The zero-order chi connectivity index (χ0) is 17.4. The zero-order valence-electron chi connectivity index (χ0n) is 13.9. The first-order valence-corrected chi connectivity index (χ1v) is 8.20. The zero-order valence-corrected chi connectivity index (χ0v) is 14.6. The molecule has 5 heteroatoms. The molecular weight excluding hydrogens is 324 g/mol. The Morgan fingerprint density at radius 3 is 2.50 bits per heavy atom. The summed E-state index contributed by atoms with van der Waals surface area (Å²) in [6.07, 6.45) is 0. The number of benzene rings is 2. The van der Waals surface area contributed by atoms with Crippen molar-refractivity contribution in [1.82, 2.24) is 5.32 Å². The lowest BCUT2D eigenvalue weighted by Crippen LogP contribution is -2.36. The van der Waals surface area contributed by atoms with Gasteiger partial charge in [-0.25, -0.2) is 0 Å². The molecule has 1 atom stereocenters. The molecule has 0 aromatic heterocycles. The van der Waals surface area contributed by atoms with E-state index in [-0.39, 0.29) is 11.8 Å². The Balaban J connectivity index is 2.09. The van der Waals surface area contributed by atoms with Gasteiger partial charge in [0, 0.05) is 17.5 Å². The van der Waals surface area contributed by atoms with Gasteiger partial charge < -0.3 is 10.2 Å². The molecule has 0 spiro atoms. The van der Waals surface area contributed by atoms with Crippen molar-refractivity contribution in [2.75, 3.05) is 4.90 Å². The number of carbonyl (C=O) groups excluding carboxylic acids is 2. The average Bonchev–Trinajstić information content (AvgIpc) is 2.79. The second-order valence-corrected chi connectivity index (χ2v) is 6.52. The first kappa shape index (κ1) is 16.5. The Labute approximate surface area is 146 Å². The number of hydrogen-bond acceptors (Lipinski definition) is 2. The maximum Gasteiger partial charge on any atom is 0.254 e. The molecule has 2 amide bonds. The lowest BCUT2D eigenvalue weighted by Gasteiger charge is -2.20. The summed E-state index contributed by atoms with van der Waals surface area (Å²) in [4.78, 5) is 26.3. The third-order valence-electron chi connectivity index (χ3n) is 4.34. The summed E-state index contributed by atoms with van der Waals surface area (Å²) in [6.45, 7) is 5.74. The molecule has 1 N–H and O–H groups in total. The van der Waals surface area contributed by atoms with Gasteiger partial charge in [0.2, 0.25) is 5.91 Å². The van der Waals surface area contributed by atoms with Crippen LogP contribution in [-0.4, -0.2) is 11.8 Å². The standard InChI is InChI=1S/C19H19ClN2O2/c1-11-8-9-12(2)18-16(11)17(21-13(3)23)19(24)22(18)10-14-6-4-5-7-15(14)20/h4-9,17H,10H2,1-3H3,(H,21,23). The van der Waals surface area contributed by atoms with Crippen molar-refractivity contribution >= 4 is 29.1 Å². The molecule has 2 aromatic rings. The van der Waals surface area contributed by atoms with Gasteiger partial charge in [-0.3, -0.25) is 9.59 Å². The van der Waals surface area contributed by atoms with E-state index < -0.39 is 6.04 Å². The Bertz CT molecular complexity index is 832. The number of rotatable bonds is 3. The van der Waals surface area contributed by atoms with Gasteiger partial charge in [-0.2, -0.15) is 0 Å². The second-order valence-electron chi connectivity index (χ2n) is 6.11. The van der Waals surface area contributed by atoms with E-state index in [1.165, 1.54) is 6.92 Å². The van der Waals surface area contributed by atoms with E-state index in [0.717, 1.165) is 27.9 Å². The van der Waals surface area contributed by atoms with Crippen LogP contribution >= 0.6 is 11.6 Å². The van der Waals surface area contributed by atoms with E-state index in [4.69, 9.17) is 11.6 Å². The summed E-state index contributed by atoms with van der Waals surface area (Å²) in [7, 11) is 0. The molecule has 1 aliphatic rings. The van der Waals surface area contributed by atoms with Crippen molar-refractivity contribution in [2.24, 2.45) is 0 Å². The van der Waals surface area contributed by atoms with Crippen molar-refractivity contribution in [1.29, 1.82) is 0 Å². The molecule has 4 nitrogen and oxygen atoms in total. The Kier molecular flexibility index (Phi) is 4.33. The van der Waals surface area contributed by atoms with Crippen LogP contribution in [0.3, 0.4) is 0 Å². The SMILES string of the molecule is CC(=O)NC1C(=O)N(Cc2ccccc2Cl)c2c(C)ccc(C)c21. The highest BCUT2D eigenvalue weighted by Gasteiger charge is 2.40. The molecule has 2 aromatic carbocycles. The van der Waals surface area contributed by atoms with Crippen LogP contribution in [0.5, 0.6) is 0 Å². The third-order valence-corrected chi connectivity index (χ3v) is 4.71. The molecule has 3 rings (SSSR count). The first-order valence-electron chi connectivity index (χ1n) is 7.82. The van der Waals surface area contributed by atoms with Gasteiger partial charge in [0.25, 0.3) is 5.91 Å². The number of fused-ring (bicyclic) bond motifs is 1. The van der Waals surface area contributed by atoms with Crippen LogP contribution in [0.2, 0.25) is 5.02 Å². The molecule has 1 unspecified atom stereocenters. The molecule has 1 heterocycles. The van der Waals surface area contributed by atoms with Gasteiger partial charge in [0.1, 0.15) is 6.04 Å². The van der Waals surface area contributed by atoms with Gasteiger partial charge in [-0.1, -0.05) is 41.9 Å². The Morgan fingerprint density at radius 1 is 1.17 bits per heavy atom. The lowest BCUT2D eigenvalue weighted by atomic mass is 9.99. The number of hydrogen-bond donors (Lipinski definition) is 1. The van der Waals surface area contributed by atoms with Crippen LogP contribution in [0.25, 0.3) is 0 Å². The highest BCUT2D eigenvalue weighted by atomic mass is 35.5. The normalized spacial score (nSPS) is 16.2. The van der Waals surface area contributed by atoms with Crippen LogP contribution in [0.15, 0.2) is 36.4 Å². The molecule has 1 aliphatic heterocycles. The summed E-state index contributed by atoms with van der Waals surface area (Å²) in [5, 5.41) is 3.41. The fourth-order valence-corrected chi connectivity index (χ4v) is 3.42. The number of amides is 2. The maximum atomic E-state index is 13.0. The van der Waals surface area contributed by atoms with E-state index >= 15 is 0 Å². The van der Waals surface area contributed by atoms with E-state index in [2.05, 4.69) is 5.32 Å². The molecule has 24 heavy (non-hydrogen) atoms. The molecule has 0 saturated carbocycles. The van der Waals surface area contributed by atoms with Gasteiger partial charge in [0.05, 0.1) is 12.2 Å². The fourth-order valence-electron chi connectivity index (χ4n) is 3.22. The van der Waals surface area contributed by atoms with Crippen molar-refractivity contribution in [3.63, 3.8) is 0 Å². The highest BCUT2D eigenvalue weighted by Crippen LogP contribution is 2.41. The van der Waals surface area contributed by atoms with Crippen molar-refractivity contribution in [3.05, 3.63) is 63.7 Å². The number of carbonyl (C=O) groups is 2. The molecular formula is C19H19ClN2O2. The van der Waals surface area contributed by atoms with Crippen LogP contribution in [0.1, 0.15) is 35.2 Å². The van der Waals surface area contributed by atoms with Crippen LogP contribution < -0.4 is 10.2 Å². The van der Waals surface area contributed by atoms with Crippen molar-refractivity contribution in [3.8, 4) is 0 Å². The summed E-state index contributed by atoms with van der Waals surface area (Å²) in [5.74, 6) is -0.350. The van der Waals surface area contributed by atoms with Gasteiger partial charge in [0.15, 0.2) is 0 Å².